The normalized spacial score (nSPS) is 16.7. The Balaban J connectivity index is 0.000000376. The smallest absolute Gasteiger partial charge is 0.260 e. The molecular formula is C25H18FeN2O2+2. The summed E-state index contributed by atoms with van der Waals surface area (Å²) in [4.78, 5) is 15.0. The van der Waals surface area contributed by atoms with Crippen LogP contribution in [-0.4, -0.2) is 9.91 Å². The van der Waals surface area contributed by atoms with Crippen LogP contribution < -0.4 is 0 Å². The van der Waals surface area contributed by atoms with Gasteiger partial charge in [-0.05, 0) is 67.7 Å². The fourth-order valence-corrected chi connectivity index (χ4v) is 3.34. The second-order valence-corrected chi connectivity index (χ2v) is 6.50. The first kappa shape index (κ1) is 22.5. The zero-order valence-electron chi connectivity index (χ0n) is 16.0. The Kier molecular flexibility index (Phi) is 8.01. The third kappa shape index (κ3) is 5.08. The van der Waals surface area contributed by atoms with E-state index in [9.17, 15) is 10.1 Å². The summed E-state index contributed by atoms with van der Waals surface area (Å²) in [5.74, 6) is 1.93. The van der Waals surface area contributed by atoms with Crippen LogP contribution in [0.25, 0.3) is 10.8 Å². The van der Waals surface area contributed by atoms with Gasteiger partial charge in [-0.3, -0.25) is 15.1 Å². The van der Waals surface area contributed by atoms with Gasteiger partial charge in [0.15, 0.2) is 0 Å². The Morgan fingerprint density at radius 2 is 1.43 bits per heavy atom. The fraction of sp³-hybridized carbons (Fsp3) is 0. The Bertz CT molecular complexity index is 975. The van der Waals surface area contributed by atoms with Crippen molar-refractivity contribution in [3.8, 4) is 0 Å². The quantitative estimate of drug-likeness (QED) is 0.318. The molecule has 3 aromatic rings. The van der Waals surface area contributed by atoms with Crippen LogP contribution >= 0.6 is 0 Å². The topological polar surface area (TPSA) is 56.0 Å². The van der Waals surface area contributed by atoms with Gasteiger partial charge < -0.3 is 0 Å². The van der Waals surface area contributed by atoms with E-state index in [1.54, 1.807) is 0 Å². The maximum absolute atomic E-state index is 11.0. The molecule has 10 radical (unpaired) electrons. The predicted molar refractivity (Wildman–Crippen MR) is 114 cm³/mol. The minimum Gasteiger partial charge on any atom is -0.260 e. The van der Waals surface area contributed by atoms with E-state index in [0.29, 0.717) is 5.69 Å². The van der Waals surface area contributed by atoms with Crippen molar-refractivity contribution in [3.05, 3.63) is 145 Å². The summed E-state index contributed by atoms with van der Waals surface area (Å²) in [6, 6.07) is 17.3. The first-order valence-corrected chi connectivity index (χ1v) is 9.25. The molecule has 0 aliphatic heterocycles. The van der Waals surface area contributed by atoms with Crippen LogP contribution in [0.1, 0.15) is 11.3 Å². The van der Waals surface area contributed by atoms with Gasteiger partial charge >= 0.3 is 17.1 Å². The van der Waals surface area contributed by atoms with Crippen LogP contribution in [0.5, 0.6) is 0 Å². The van der Waals surface area contributed by atoms with Crippen LogP contribution in [-0.2, 0) is 17.1 Å². The van der Waals surface area contributed by atoms with Gasteiger partial charge in [0.1, 0.15) is 0 Å². The van der Waals surface area contributed by atoms with Crippen LogP contribution in [0.3, 0.4) is 0 Å². The molecule has 30 heavy (non-hydrogen) atoms. The van der Waals surface area contributed by atoms with Crippen molar-refractivity contribution >= 4 is 16.5 Å². The summed E-state index contributed by atoms with van der Waals surface area (Å²) in [6.07, 6.45) is 17.4. The number of aromatic nitrogens is 1. The zero-order valence-corrected chi connectivity index (χ0v) is 17.1. The Labute approximate surface area is 188 Å². The number of rotatable bonds is 3. The number of hydrogen-bond donors (Lipinski definition) is 0. The van der Waals surface area contributed by atoms with Gasteiger partial charge in [-0.1, -0.05) is 42.5 Å². The number of pyridine rings is 1. The first-order chi connectivity index (χ1) is 14.2. The van der Waals surface area contributed by atoms with Gasteiger partial charge in [-0.15, -0.1) is 0 Å². The molecule has 0 bridgehead atoms. The molecule has 0 spiro atoms. The van der Waals surface area contributed by atoms with E-state index in [1.807, 2.05) is 69.6 Å². The molecule has 2 aliphatic rings. The van der Waals surface area contributed by atoms with Gasteiger partial charge in [0, 0.05) is 30.2 Å². The molecule has 2 aromatic carbocycles. The summed E-state index contributed by atoms with van der Waals surface area (Å²) >= 11 is 0. The van der Waals surface area contributed by atoms with E-state index in [1.165, 1.54) is 18.3 Å². The molecule has 0 saturated heterocycles. The van der Waals surface area contributed by atoms with Crippen molar-refractivity contribution in [2.45, 2.75) is 0 Å². The molecule has 2 aliphatic carbocycles. The molecular weight excluding hydrogens is 416 g/mol. The molecule has 1 aromatic heterocycles. The van der Waals surface area contributed by atoms with E-state index in [2.05, 4.69) is 29.2 Å². The molecule has 5 rings (SSSR count). The molecule has 0 unspecified atom stereocenters. The summed E-state index contributed by atoms with van der Waals surface area (Å²) in [6.45, 7) is 0. The van der Waals surface area contributed by atoms with Crippen molar-refractivity contribution in [1.29, 1.82) is 0 Å². The Morgan fingerprint density at radius 3 is 2.17 bits per heavy atom. The number of nitro groups is 1. The number of benzene rings is 2. The van der Waals surface area contributed by atoms with Gasteiger partial charge in [0.25, 0.3) is 5.69 Å². The first-order valence-electron chi connectivity index (χ1n) is 9.25. The van der Waals surface area contributed by atoms with Crippen LogP contribution in [0.15, 0.2) is 60.8 Å². The molecule has 5 heteroatoms. The number of fused-ring (bicyclic) bond motifs is 1. The largest absolute Gasteiger partial charge is 2.00 e. The summed E-state index contributed by atoms with van der Waals surface area (Å²) in [5.41, 5.74) is 1.75. The molecule has 0 N–H and O–H groups in total. The van der Waals surface area contributed by atoms with E-state index < -0.39 is 4.92 Å². The average Bonchev–Trinajstić information content (AvgIpc) is 3.48. The minimum absolute atomic E-state index is 0. The van der Waals surface area contributed by atoms with Crippen LogP contribution in [0.2, 0.25) is 0 Å². The molecule has 4 nitrogen and oxygen atoms in total. The van der Waals surface area contributed by atoms with Gasteiger partial charge in [-0.2, -0.15) is 0 Å². The van der Waals surface area contributed by atoms with Crippen LogP contribution in [0, 0.1) is 73.3 Å². The summed E-state index contributed by atoms with van der Waals surface area (Å²) in [5, 5.41) is 13.3. The third-order valence-electron chi connectivity index (χ3n) is 4.68. The second kappa shape index (κ2) is 10.7. The van der Waals surface area contributed by atoms with Crippen molar-refractivity contribution in [2.24, 2.45) is 0 Å². The summed E-state index contributed by atoms with van der Waals surface area (Å²) < 4.78 is 0. The van der Waals surface area contributed by atoms with Crippen molar-refractivity contribution < 1.29 is 22.0 Å². The maximum atomic E-state index is 11.0. The predicted octanol–water partition coefficient (Wildman–Crippen LogP) is 5.33. The second-order valence-electron chi connectivity index (χ2n) is 6.50. The third-order valence-corrected chi connectivity index (χ3v) is 4.68. The van der Waals surface area contributed by atoms with Crippen LogP contribution in [0.4, 0.5) is 5.69 Å². The number of hydrogen-bond acceptors (Lipinski definition) is 3. The van der Waals surface area contributed by atoms with Crippen molar-refractivity contribution in [3.63, 3.8) is 0 Å². The minimum atomic E-state index is -0.397. The molecule has 0 amide bonds. The Hall–Kier alpha value is -2.23. The fourth-order valence-electron chi connectivity index (χ4n) is 3.34. The van der Waals surface area contributed by atoms with Crippen molar-refractivity contribution in [2.75, 3.05) is 0 Å². The molecule has 1 heterocycles. The molecule has 146 valence electrons. The maximum Gasteiger partial charge on any atom is 2.00 e. The molecule has 2 saturated carbocycles. The SMILES string of the molecule is O=[N+]([O-])c1ccnc([C]2[CH][CH][CH][C]2c2cccc3ccccc23)c1.[CH]1[CH][CH][CH][CH]1.[Fe+2]. The van der Waals surface area contributed by atoms with E-state index in [-0.39, 0.29) is 22.8 Å². The van der Waals surface area contributed by atoms with E-state index in [4.69, 9.17) is 0 Å². The Morgan fingerprint density at radius 1 is 0.767 bits per heavy atom. The van der Waals surface area contributed by atoms with Crippen molar-refractivity contribution in [1.82, 2.24) is 4.98 Å². The zero-order chi connectivity index (χ0) is 20.1. The molecule has 0 atom stereocenters. The summed E-state index contributed by atoms with van der Waals surface area (Å²) in [7, 11) is 0. The van der Waals surface area contributed by atoms with Gasteiger partial charge in [-0.25, -0.2) is 0 Å². The van der Waals surface area contributed by atoms with E-state index >= 15 is 0 Å². The van der Waals surface area contributed by atoms with Gasteiger partial charge in [0.2, 0.25) is 0 Å². The molecule has 2 fully saturated rings. The standard InChI is InChI=1S/C20H13N2O2.C5H5.Fe/c23-22(24)15-11-12-21-20(13-15)19-10-4-9-18(19)17-8-3-6-14-5-1-2-7-16(14)17;1-2-4-5-3-1;/h1-13H;1-5H;/q;;+2. The average molecular weight is 434 g/mol. The number of nitrogens with zero attached hydrogens (tertiary/aromatic N) is 2. The monoisotopic (exact) mass is 434 g/mol. The van der Waals surface area contributed by atoms with Gasteiger partial charge in [0.05, 0.1) is 10.6 Å². The van der Waals surface area contributed by atoms with E-state index in [0.717, 1.165) is 28.2 Å².